The third-order valence-electron chi connectivity index (χ3n) is 2.82. The highest BCUT2D eigenvalue weighted by atomic mass is 19.1. The zero-order valence-corrected chi connectivity index (χ0v) is 9.24. The Labute approximate surface area is 94.0 Å². The van der Waals surface area contributed by atoms with Crippen molar-refractivity contribution in [2.75, 3.05) is 11.4 Å². The molecule has 0 radical (unpaired) electrons. The third kappa shape index (κ3) is 2.07. The first kappa shape index (κ1) is 11.1. The van der Waals surface area contributed by atoms with Crippen molar-refractivity contribution < 1.29 is 9.18 Å². The maximum Gasteiger partial charge on any atom is 0.243 e. The second kappa shape index (κ2) is 4.22. The summed E-state index contributed by atoms with van der Waals surface area (Å²) in [6, 6.07) is 4.18. The van der Waals surface area contributed by atoms with Crippen LogP contribution in [-0.4, -0.2) is 18.5 Å². The predicted octanol–water partition coefficient (Wildman–Crippen LogP) is 1.59. The van der Waals surface area contributed by atoms with Crippen LogP contribution in [0.5, 0.6) is 0 Å². The van der Waals surface area contributed by atoms with E-state index in [-0.39, 0.29) is 11.7 Å². The molecule has 0 spiro atoms. The molecular weight excluding hydrogens is 207 g/mol. The van der Waals surface area contributed by atoms with Crippen molar-refractivity contribution >= 4 is 11.6 Å². The fourth-order valence-corrected chi connectivity index (χ4v) is 2.03. The highest BCUT2D eigenvalue weighted by molar-refractivity contribution is 5.97. The molecule has 0 aromatic heterocycles. The van der Waals surface area contributed by atoms with Crippen LogP contribution in [0, 0.1) is 12.7 Å². The minimum absolute atomic E-state index is 0.115. The minimum atomic E-state index is -0.447. The number of hydrogen-bond acceptors (Lipinski definition) is 2. The molecule has 16 heavy (non-hydrogen) atoms. The average Bonchev–Trinajstić information content (AvgIpc) is 2.20. The van der Waals surface area contributed by atoms with Crippen LogP contribution in [-0.2, 0) is 4.79 Å². The van der Waals surface area contributed by atoms with Gasteiger partial charge in [0.15, 0.2) is 0 Å². The lowest BCUT2D eigenvalue weighted by molar-refractivity contribution is -0.120. The summed E-state index contributed by atoms with van der Waals surface area (Å²) in [5.74, 6) is -0.432. The van der Waals surface area contributed by atoms with Gasteiger partial charge in [-0.25, -0.2) is 4.39 Å². The van der Waals surface area contributed by atoms with Crippen LogP contribution in [0.4, 0.5) is 10.1 Å². The Kier molecular flexibility index (Phi) is 2.92. The largest absolute Gasteiger partial charge is 0.320 e. The normalized spacial score (nSPS) is 21.3. The van der Waals surface area contributed by atoms with E-state index in [0.717, 1.165) is 12.0 Å². The third-order valence-corrected chi connectivity index (χ3v) is 2.82. The fourth-order valence-electron chi connectivity index (χ4n) is 2.03. The summed E-state index contributed by atoms with van der Waals surface area (Å²) < 4.78 is 13.2. The zero-order chi connectivity index (χ0) is 11.7. The highest BCUT2D eigenvalue weighted by Crippen LogP contribution is 2.22. The minimum Gasteiger partial charge on any atom is -0.320 e. The average molecular weight is 222 g/mol. The molecule has 1 aliphatic heterocycles. The highest BCUT2D eigenvalue weighted by Gasteiger charge is 2.26. The number of rotatable bonds is 1. The van der Waals surface area contributed by atoms with Crippen molar-refractivity contribution in [3.05, 3.63) is 29.6 Å². The van der Waals surface area contributed by atoms with Crippen LogP contribution in [0.1, 0.15) is 18.4 Å². The molecule has 1 saturated heterocycles. The molecule has 1 unspecified atom stereocenters. The number of carbonyl (C=O) groups is 1. The van der Waals surface area contributed by atoms with Crippen LogP contribution in [0.25, 0.3) is 0 Å². The van der Waals surface area contributed by atoms with Crippen molar-refractivity contribution in [1.82, 2.24) is 0 Å². The van der Waals surface area contributed by atoms with Gasteiger partial charge < -0.3 is 10.6 Å². The van der Waals surface area contributed by atoms with Gasteiger partial charge in [0, 0.05) is 12.2 Å². The van der Waals surface area contributed by atoms with Gasteiger partial charge in [-0.05, 0) is 43.5 Å². The first-order valence-electron chi connectivity index (χ1n) is 5.42. The molecule has 0 aliphatic carbocycles. The van der Waals surface area contributed by atoms with Gasteiger partial charge in [0.05, 0.1) is 6.04 Å². The van der Waals surface area contributed by atoms with E-state index in [0.29, 0.717) is 18.7 Å². The Morgan fingerprint density at radius 3 is 2.88 bits per heavy atom. The van der Waals surface area contributed by atoms with Crippen molar-refractivity contribution in [1.29, 1.82) is 0 Å². The Bertz CT molecular complexity index is 399. The Balaban J connectivity index is 2.32. The van der Waals surface area contributed by atoms with E-state index in [4.69, 9.17) is 5.73 Å². The lowest BCUT2D eigenvalue weighted by atomic mass is 10.0. The van der Waals surface area contributed by atoms with Crippen LogP contribution < -0.4 is 10.6 Å². The number of anilines is 1. The summed E-state index contributed by atoms with van der Waals surface area (Å²) in [7, 11) is 0. The lowest BCUT2D eigenvalue weighted by Crippen LogP contribution is -2.48. The van der Waals surface area contributed by atoms with E-state index in [1.165, 1.54) is 12.1 Å². The van der Waals surface area contributed by atoms with Crippen LogP contribution in [0.3, 0.4) is 0 Å². The van der Waals surface area contributed by atoms with Gasteiger partial charge in [-0.1, -0.05) is 0 Å². The molecule has 1 fully saturated rings. The molecule has 86 valence electrons. The summed E-state index contributed by atoms with van der Waals surface area (Å²) in [5.41, 5.74) is 7.11. The smallest absolute Gasteiger partial charge is 0.243 e. The number of nitrogens with zero attached hydrogens (tertiary/aromatic N) is 1. The van der Waals surface area contributed by atoms with Crippen molar-refractivity contribution in [2.24, 2.45) is 5.73 Å². The van der Waals surface area contributed by atoms with Crippen molar-refractivity contribution in [2.45, 2.75) is 25.8 Å². The van der Waals surface area contributed by atoms with Crippen LogP contribution >= 0.6 is 0 Å². The summed E-state index contributed by atoms with van der Waals surface area (Å²) in [6.45, 7) is 2.43. The Hall–Kier alpha value is -1.42. The van der Waals surface area contributed by atoms with Gasteiger partial charge in [-0.3, -0.25) is 4.79 Å². The van der Waals surface area contributed by atoms with Crippen molar-refractivity contribution in [3.63, 3.8) is 0 Å². The SMILES string of the molecule is Cc1cc(F)cc(N2CCCC(N)C2=O)c1. The molecule has 1 aromatic rings. The number of hydrogen-bond donors (Lipinski definition) is 1. The zero-order valence-electron chi connectivity index (χ0n) is 9.24. The van der Waals surface area contributed by atoms with Crippen LogP contribution in [0.2, 0.25) is 0 Å². The molecule has 3 nitrogen and oxygen atoms in total. The maximum absolute atomic E-state index is 13.2. The predicted molar refractivity (Wildman–Crippen MR) is 60.7 cm³/mol. The maximum atomic E-state index is 13.2. The quantitative estimate of drug-likeness (QED) is 0.784. The fraction of sp³-hybridized carbons (Fsp3) is 0.417. The van der Waals surface area contributed by atoms with Gasteiger partial charge in [-0.15, -0.1) is 0 Å². The first-order valence-corrected chi connectivity index (χ1v) is 5.42. The Morgan fingerprint density at radius 2 is 2.19 bits per heavy atom. The molecular formula is C12H15FN2O. The number of carbonyl (C=O) groups excluding carboxylic acids is 1. The molecule has 2 N–H and O–H groups in total. The molecule has 1 aliphatic rings. The molecule has 1 aromatic carbocycles. The lowest BCUT2D eigenvalue weighted by Gasteiger charge is -2.30. The number of piperidine rings is 1. The first-order chi connectivity index (χ1) is 7.58. The molecule has 0 bridgehead atoms. The summed E-state index contributed by atoms with van der Waals surface area (Å²) in [6.07, 6.45) is 1.58. The number of aryl methyl sites for hydroxylation is 1. The monoisotopic (exact) mass is 222 g/mol. The topological polar surface area (TPSA) is 46.3 Å². The second-order valence-corrected chi connectivity index (χ2v) is 4.23. The number of nitrogens with two attached hydrogens (primary N) is 1. The summed E-state index contributed by atoms with van der Waals surface area (Å²) in [5, 5.41) is 0. The van der Waals surface area contributed by atoms with Crippen LogP contribution in [0.15, 0.2) is 18.2 Å². The van der Waals surface area contributed by atoms with E-state index >= 15 is 0 Å². The summed E-state index contributed by atoms with van der Waals surface area (Å²) in [4.78, 5) is 13.4. The molecule has 2 rings (SSSR count). The second-order valence-electron chi connectivity index (χ2n) is 4.23. The van der Waals surface area contributed by atoms with Gasteiger partial charge >= 0.3 is 0 Å². The molecule has 1 amide bonds. The van der Waals surface area contributed by atoms with E-state index in [9.17, 15) is 9.18 Å². The van der Waals surface area contributed by atoms with Gasteiger partial charge in [0.2, 0.25) is 5.91 Å². The molecule has 4 heteroatoms. The standard InChI is InChI=1S/C12H15FN2O/c1-8-5-9(13)7-10(6-8)15-4-2-3-11(14)12(15)16/h5-7,11H,2-4,14H2,1H3. The molecule has 1 heterocycles. The van der Waals surface area contributed by atoms with E-state index in [1.54, 1.807) is 17.9 Å². The van der Waals surface area contributed by atoms with E-state index < -0.39 is 6.04 Å². The van der Waals surface area contributed by atoms with Crippen molar-refractivity contribution in [3.8, 4) is 0 Å². The number of benzene rings is 1. The Morgan fingerprint density at radius 1 is 1.44 bits per heavy atom. The van der Waals surface area contributed by atoms with E-state index in [2.05, 4.69) is 0 Å². The molecule has 1 atom stereocenters. The summed E-state index contributed by atoms with van der Waals surface area (Å²) >= 11 is 0. The van der Waals surface area contributed by atoms with E-state index in [1.807, 2.05) is 0 Å². The van der Waals surface area contributed by atoms with Gasteiger partial charge in [0.25, 0.3) is 0 Å². The molecule has 0 saturated carbocycles. The van der Waals surface area contributed by atoms with Gasteiger partial charge in [0.1, 0.15) is 5.82 Å². The van der Waals surface area contributed by atoms with Gasteiger partial charge in [-0.2, -0.15) is 0 Å². The number of amides is 1. The number of halogens is 1.